The van der Waals surface area contributed by atoms with Gasteiger partial charge in [-0.05, 0) is 0 Å². The first-order valence-electron chi connectivity index (χ1n) is 4.26. The van der Waals surface area contributed by atoms with Gasteiger partial charge in [0.1, 0.15) is 0 Å². The van der Waals surface area contributed by atoms with Gasteiger partial charge in [0.15, 0.2) is 0 Å². The minimum Gasteiger partial charge on any atom is -0.326 e. The van der Waals surface area contributed by atoms with E-state index in [0.717, 1.165) is 0 Å². The van der Waals surface area contributed by atoms with E-state index < -0.39 is 16.5 Å². The fraction of sp³-hybridized carbons (Fsp3) is 1.00. The maximum absolute atomic E-state index is 9.44. The Bertz CT molecular complexity index is 145. The van der Waals surface area contributed by atoms with Crippen molar-refractivity contribution in [1.82, 2.24) is 0 Å². The van der Waals surface area contributed by atoms with Crippen LogP contribution < -0.4 is 0 Å². The van der Waals surface area contributed by atoms with Crippen molar-refractivity contribution in [3.05, 3.63) is 0 Å². The quantitative estimate of drug-likeness (QED) is 0.709. The molecule has 0 aliphatic heterocycles. The third-order valence-electron chi connectivity index (χ3n) is 1.67. The molecule has 2 unspecified atom stereocenters. The van der Waals surface area contributed by atoms with Gasteiger partial charge in [-0.25, -0.2) is 4.31 Å². The molecule has 0 radical (unpaired) electrons. The van der Waals surface area contributed by atoms with E-state index in [2.05, 4.69) is 4.31 Å². The Kier molecular flexibility index (Phi) is 9.15. The van der Waals surface area contributed by atoms with E-state index in [1.165, 1.54) is 38.5 Å². The molecule has 0 aromatic carbocycles. The Labute approximate surface area is 79.0 Å². The van der Waals surface area contributed by atoms with Crippen LogP contribution in [-0.4, -0.2) is 9.79 Å². The van der Waals surface area contributed by atoms with Gasteiger partial charge in [-0.2, -0.15) is 0 Å². The average Bonchev–Trinajstić information content (AvgIpc) is 2.06. The molecule has 0 spiro atoms. The number of rotatable bonds is 2. The standard InChI is InChI=1S/C6H12.H4O5P2/c1-2-4-6-5-3-1;1-6(2)5-7(3)4/h1-6H2;6-7H,(H,1,2)(H,3,4). The van der Waals surface area contributed by atoms with E-state index in [0.29, 0.717) is 0 Å². The molecule has 13 heavy (non-hydrogen) atoms. The van der Waals surface area contributed by atoms with Crippen LogP contribution in [0.1, 0.15) is 38.5 Å². The van der Waals surface area contributed by atoms with Gasteiger partial charge >= 0.3 is 16.5 Å². The van der Waals surface area contributed by atoms with Crippen LogP contribution in [0, 0.1) is 0 Å². The molecule has 2 N–H and O–H groups in total. The second-order valence-electron chi connectivity index (χ2n) is 2.76. The monoisotopic (exact) mass is 230 g/mol. The van der Waals surface area contributed by atoms with E-state index in [4.69, 9.17) is 9.79 Å². The molecule has 0 heterocycles. The zero-order chi connectivity index (χ0) is 10.1. The van der Waals surface area contributed by atoms with Crippen molar-refractivity contribution in [1.29, 1.82) is 0 Å². The lowest BCUT2D eigenvalue weighted by atomic mass is 10.0. The maximum Gasteiger partial charge on any atom is 0.323 e. The molecular weight excluding hydrogens is 214 g/mol. The number of hydrogen-bond donors (Lipinski definition) is 2. The van der Waals surface area contributed by atoms with E-state index >= 15 is 0 Å². The molecule has 1 rings (SSSR count). The van der Waals surface area contributed by atoms with Gasteiger partial charge in [-0.3, -0.25) is 9.13 Å². The van der Waals surface area contributed by atoms with Crippen LogP contribution in [0.4, 0.5) is 0 Å². The Balaban J connectivity index is 0.000000223. The summed E-state index contributed by atoms with van der Waals surface area (Å²) in [7, 11) is -6.40. The molecule has 0 aromatic heterocycles. The van der Waals surface area contributed by atoms with Gasteiger partial charge in [0.2, 0.25) is 0 Å². The van der Waals surface area contributed by atoms with Crippen LogP contribution in [0.25, 0.3) is 0 Å². The van der Waals surface area contributed by atoms with Gasteiger partial charge in [0.05, 0.1) is 0 Å². The van der Waals surface area contributed by atoms with Crippen molar-refractivity contribution in [2.24, 2.45) is 0 Å². The first-order chi connectivity index (χ1) is 6.13. The molecule has 1 aliphatic carbocycles. The Morgan fingerprint density at radius 3 is 1.08 bits per heavy atom. The third kappa shape index (κ3) is 12.3. The molecule has 0 bridgehead atoms. The van der Waals surface area contributed by atoms with E-state index in [9.17, 15) is 9.13 Å². The summed E-state index contributed by atoms with van der Waals surface area (Å²) >= 11 is 0. The average molecular weight is 230 g/mol. The van der Waals surface area contributed by atoms with Gasteiger partial charge in [0.25, 0.3) is 0 Å². The smallest absolute Gasteiger partial charge is 0.323 e. The van der Waals surface area contributed by atoms with Crippen LogP contribution in [-0.2, 0) is 13.4 Å². The van der Waals surface area contributed by atoms with Crippen molar-refractivity contribution < 1.29 is 23.2 Å². The molecule has 1 saturated carbocycles. The zero-order valence-corrected chi connectivity index (χ0v) is 9.36. The molecule has 1 aliphatic rings. The molecule has 2 atom stereocenters. The van der Waals surface area contributed by atoms with Crippen LogP contribution in [0.5, 0.6) is 0 Å². The predicted molar refractivity (Wildman–Crippen MR) is 51.2 cm³/mol. The van der Waals surface area contributed by atoms with Crippen LogP contribution in [0.3, 0.4) is 0 Å². The summed E-state index contributed by atoms with van der Waals surface area (Å²) in [6.07, 6.45) is 9.00. The lowest BCUT2D eigenvalue weighted by Gasteiger charge is -2.05. The Morgan fingerprint density at radius 2 is 1.00 bits per heavy atom. The van der Waals surface area contributed by atoms with Crippen molar-refractivity contribution in [2.45, 2.75) is 38.5 Å². The molecule has 5 nitrogen and oxygen atoms in total. The minimum atomic E-state index is -3.20. The Hall–Kier alpha value is 0.340. The van der Waals surface area contributed by atoms with Crippen molar-refractivity contribution in [3.63, 3.8) is 0 Å². The predicted octanol–water partition coefficient (Wildman–Crippen LogP) is 2.11. The summed E-state index contributed by atoms with van der Waals surface area (Å²) in [5, 5.41) is 0. The number of hydrogen-bond acceptors (Lipinski definition) is 3. The zero-order valence-electron chi connectivity index (χ0n) is 7.36. The van der Waals surface area contributed by atoms with E-state index in [-0.39, 0.29) is 0 Å². The molecule has 0 aromatic rings. The largest absolute Gasteiger partial charge is 0.326 e. The molecule has 80 valence electrons. The van der Waals surface area contributed by atoms with Gasteiger partial charge in [-0.15, -0.1) is 0 Å². The second-order valence-corrected chi connectivity index (χ2v) is 4.64. The highest BCUT2D eigenvalue weighted by atomic mass is 31.2. The van der Waals surface area contributed by atoms with E-state index in [1.807, 2.05) is 0 Å². The fourth-order valence-corrected chi connectivity index (χ4v) is 1.73. The van der Waals surface area contributed by atoms with Crippen molar-refractivity contribution >= 4 is 16.5 Å². The highest BCUT2D eigenvalue weighted by molar-refractivity contribution is 7.46. The van der Waals surface area contributed by atoms with Crippen LogP contribution >= 0.6 is 16.5 Å². The highest BCUT2D eigenvalue weighted by Crippen LogP contribution is 2.30. The molecule has 0 amide bonds. The molecule has 7 heteroatoms. The van der Waals surface area contributed by atoms with E-state index in [1.54, 1.807) is 0 Å². The summed E-state index contributed by atoms with van der Waals surface area (Å²) in [6, 6.07) is 0. The summed E-state index contributed by atoms with van der Waals surface area (Å²) in [5.74, 6) is 0. The topological polar surface area (TPSA) is 83.8 Å². The second kappa shape index (κ2) is 8.92. The molecule has 0 saturated heterocycles. The fourth-order valence-electron chi connectivity index (χ4n) is 1.14. The van der Waals surface area contributed by atoms with Gasteiger partial charge in [-0.1, -0.05) is 38.5 Å². The summed E-state index contributed by atoms with van der Waals surface area (Å²) in [6.45, 7) is 0. The van der Waals surface area contributed by atoms with Crippen molar-refractivity contribution in [2.75, 3.05) is 0 Å². The maximum atomic E-state index is 9.44. The van der Waals surface area contributed by atoms with Gasteiger partial charge in [0, 0.05) is 0 Å². The normalized spacial score (nSPS) is 21.1. The summed E-state index contributed by atoms with van der Waals surface area (Å²) in [4.78, 5) is 15.4. The first-order valence-corrected chi connectivity index (χ1v) is 6.79. The van der Waals surface area contributed by atoms with Gasteiger partial charge < -0.3 is 9.79 Å². The minimum absolute atomic E-state index is 1.50. The first kappa shape index (κ1) is 13.3. The Morgan fingerprint density at radius 1 is 0.769 bits per heavy atom. The molecular formula is C6H16O5P2. The summed E-state index contributed by atoms with van der Waals surface area (Å²) in [5.41, 5.74) is 0. The lowest BCUT2D eigenvalue weighted by molar-refractivity contribution is 0.371. The lowest BCUT2D eigenvalue weighted by Crippen LogP contribution is -1.85. The van der Waals surface area contributed by atoms with Crippen LogP contribution in [0.15, 0.2) is 0 Å². The van der Waals surface area contributed by atoms with Crippen molar-refractivity contribution in [3.8, 4) is 0 Å². The molecule has 1 fully saturated rings. The van der Waals surface area contributed by atoms with Crippen LogP contribution in [0.2, 0.25) is 0 Å². The highest BCUT2D eigenvalue weighted by Gasteiger charge is 1.95. The SMILES string of the molecule is C1CCCCC1.O=[PH](O)O[PH](=O)O. The third-order valence-corrected chi connectivity index (χ3v) is 3.07. The summed E-state index contributed by atoms with van der Waals surface area (Å²) < 4.78 is 22.3.